The number of hydrogen-bond acceptors (Lipinski definition) is 1. The second kappa shape index (κ2) is 4.94. The van der Waals surface area contributed by atoms with Crippen molar-refractivity contribution in [3.05, 3.63) is 44.5 Å². The van der Waals surface area contributed by atoms with Crippen LogP contribution < -0.4 is 5.73 Å². The van der Waals surface area contributed by atoms with E-state index in [1.54, 1.807) is 0 Å². The first kappa shape index (κ1) is 11.7. The van der Waals surface area contributed by atoms with Gasteiger partial charge >= 0.3 is 0 Å². The van der Waals surface area contributed by atoms with Crippen molar-refractivity contribution < 1.29 is 0 Å². The van der Waals surface area contributed by atoms with E-state index in [0.717, 1.165) is 0 Å². The number of allylic oxidation sites excluding steroid dienone is 1. The minimum Gasteiger partial charge on any atom is -0.321 e. The van der Waals surface area contributed by atoms with Gasteiger partial charge < -0.3 is 5.73 Å². The molecule has 2 heteroatoms. The first-order valence-electron chi connectivity index (χ1n) is 4.68. The number of rotatable bonds is 2. The van der Waals surface area contributed by atoms with Crippen molar-refractivity contribution in [3.8, 4) is 0 Å². The van der Waals surface area contributed by atoms with Crippen LogP contribution in [0.25, 0.3) is 0 Å². The second-order valence-corrected chi connectivity index (χ2v) is 4.83. The summed E-state index contributed by atoms with van der Waals surface area (Å²) in [5, 5.41) is 0. The zero-order valence-corrected chi connectivity index (χ0v) is 11.0. The molecule has 0 radical (unpaired) electrons. The normalized spacial score (nSPS) is 12.4. The lowest BCUT2D eigenvalue weighted by atomic mass is 10.0. The zero-order chi connectivity index (χ0) is 10.7. The van der Waals surface area contributed by atoms with Crippen LogP contribution in [0.3, 0.4) is 0 Å². The molecule has 0 aliphatic heterocycles. The topological polar surface area (TPSA) is 26.0 Å². The van der Waals surface area contributed by atoms with Crippen LogP contribution in [0, 0.1) is 10.5 Å². The summed E-state index contributed by atoms with van der Waals surface area (Å²) in [4.78, 5) is 0. The molecule has 1 aromatic rings. The number of nitrogens with two attached hydrogens (primary N) is 1. The van der Waals surface area contributed by atoms with E-state index in [-0.39, 0.29) is 6.04 Å². The lowest BCUT2D eigenvalue weighted by Crippen LogP contribution is -2.09. The molecule has 1 nitrogen and oxygen atoms in total. The fourth-order valence-corrected chi connectivity index (χ4v) is 2.10. The van der Waals surface area contributed by atoms with E-state index in [0.29, 0.717) is 0 Å². The summed E-state index contributed by atoms with van der Waals surface area (Å²) < 4.78 is 1.27. The molecule has 1 aromatic carbocycles. The van der Waals surface area contributed by atoms with Crippen LogP contribution in [0.1, 0.15) is 31.0 Å². The number of hydrogen-bond donors (Lipinski definition) is 1. The third kappa shape index (κ3) is 2.82. The molecule has 0 saturated carbocycles. The van der Waals surface area contributed by atoms with Crippen LogP contribution >= 0.6 is 22.6 Å². The predicted molar refractivity (Wildman–Crippen MR) is 70.3 cm³/mol. The Balaban J connectivity index is 3.07. The van der Waals surface area contributed by atoms with Crippen LogP contribution in [0.2, 0.25) is 0 Å². The summed E-state index contributed by atoms with van der Waals surface area (Å²) in [6.45, 7) is 6.26. The lowest BCUT2D eigenvalue weighted by Gasteiger charge is -2.12. The standard InChI is InChI=1S/C12H16IN/c1-8(2)7-11(14)10-6-4-5-9(3)12(10)13/h4-7,11H,14H2,1-3H3. The van der Waals surface area contributed by atoms with Crippen LogP contribution in [0.5, 0.6) is 0 Å². The summed E-state index contributed by atoms with van der Waals surface area (Å²) in [7, 11) is 0. The van der Waals surface area contributed by atoms with E-state index in [1.807, 2.05) is 0 Å². The summed E-state index contributed by atoms with van der Waals surface area (Å²) in [5.74, 6) is 0. The molecular weight excluding hydrogens is 285 g/mol. The average molecular weight is 301 g/mol. The minimum absolute atomic E-state index is 0.0202. The lowest BCUT2D eigenvalue weighted by molar-refractivity contribution is 0.890. The van der Waals surface area contributed by atoms with Gasteiger partial charge in [0.05, 0.1) is 0 Å². The van der Waals surface area contributed by atoms with Gasteiger partial charge in [-0.2, -0.15) is 0 Å². The fraction of sp³-hybridized carbons (Fsp3) is 0.333. The SMILES string of the molecule is CC(C)=CC(N)c1cccc(C)c1I. The first-order valence-corrected chi connectivity index (χ1v) is 5.76. The second-order valence-electron chi connectivity index (χ2n) is 3.75. The van der Waals surface area contributed by atoms with E-state index in [1.165, 1.54) is 20.3 Å². The quantitative estimate of drug-likeness (QED) is 0.656. The van der Waals surface area contributed by atoms with Gasteiger partial charge in [-0.05, 0) is 54.5 Å². The van der Waals surface area contributed by atoms with Gasteiger partial charge in [-0.3, -0.25) is 0 Å². The van der Waals surface area contributed by atoms with Crippen molar-refractivity contribution in [3.63, 3.8) is 0 Å². The molecule has 1 rings (SSSR count). The molecule has 0 spiro atoms. The average Bonchev–Trinajstić information content (AvgIpc) is 2.08. The molecule has 1 unspecified atom stereocenters. The van der Waals surface area contributed by atoms with Crippen LogP contribution in [0.15, 0.2) is 29.8 Å². The Kier molecular flexibility index (Phi) is 4.13. The van der Waals surface area contributed by atoms with Crippen molar-refractivity contribution in [1.29, 1.82) is 0 Å². The van der Waals surface area contributed by atoms with Crippen molar-refractivity contribution >= 4 is 22.6 Å². The first-order chi connectivity index (χ1) is 6.52. The van der Waals surface area contributed by atoms with Gasteiger partial charge in [0.25, 0.3) is 0 Å². The van der Waals surface area contributed by atoms with Crippen molar-refractivity contribution in [1.82, 2.24) is 0 Å². The van der Waals surface area contributed by atoms with Crippen LogP contribution in [0.4, 0.5) is 0 Å². The highest BCUT2D eigenvalue weighted by molar-refractivity contribution is 14.1. The van der Waals surface area contributed by atoms with Gasteiger partial charge in [-0.25, -0.2) is 0 Å². The largest absolute Gasteiger partial charge is 0.321 e. The number of aryl methyl sites for hydroxylation is 1. The van der Waals surface area contributed by atoms with E-state index in [2.05, 4.69) is 67.6 Å². The van der Waals surface area contributed by atoms with Crippen LogP contribution in [-0.2, 0) is 0 Å². The Bertz CT molecular complexity index is 351. The van der Waals surface area contributed by atoms with Crippen molar-refractivity contribution in [2.24, 2.45) is 5.73 Å². The smallest absolute Gasteiger partial charge is 0.0494 e. The monoisotopic (exact) mass is 301 g/mol. The molecule has 0 saturated heterocycles. The minimum atomic E-state index is 0.0202. The van der Waals surface area contributed by atoms with Gasteiger partial charge in [0, 0.05) is 9.61 Å². The number of benzene rings is 1. The van der Waals surface area contributed by atoms with E-state index in [4.69, 9.17) is 5.73 Å². The summed E-state index contributed by atoms with van der Waals surface area (Å²) in [5.41, 5.74) is 9.85. The molecule has 2 N–H and O–H groups in total. The molecule has 1 atom stereocenters. The molecule has 0 aromatic heterocycles. The summed E-state index contributed by atoms with van der Waals surface area (Å²) in [6.07, 6.45) is 2.09. The summed E-state index contributed by atoms with van der Waals surface area (Å²) >= 11 is 2.36. The van der Waals surface area contributed by atoms with Gasteiger partial charge in [0.15, 0.2) is 0 Å². The highest BCUT2D eigenvalue weighted by Gasteiger charge is 2.07. The van der Waals surface area contributed by atoms with E-state index < -0.39 is 0 Å². The van der Waals surface area contributed by atoms with Crippen LogP contribution in [-0.4, -0.2) is 0 Å². The molecule has 0 aliphatic carbocycles. The Morgan fingerprint density at radius 2 is 2.07 bits per heavy atom. The molecule has 0 amide bonds. The summed E-state index contributed by atoms with van der Waals surface area (Å²) in [6, 6.07) is 6.29. The highest BCUT2D eigenvalue weighted by Crippen LogP contribution is 2.22. The maximum atomic E-state index is 6.08. The van der Waals surface area contributed by atoms with E-state index >= 15 is 0 Å². The third-order valence-corrected chi connectivity index (χ3v) is 3.57. The number of halogens is 1. The van der Waals surface area contributed by atoms with Crippen molar-refractivity contribution in [2.45, 2.75) is 26.8 Å². The van der Waals surface area contributed by atoms with Gasteiger partial charge in [0.2, 0.25) is 0 Å². The maximum absolute atomic E-state index is 6.08. The molecule has 0 heterocycles. The Morgan fingerprint density at radius 1 is 1.43 bits per heavy atom. The Labute approximate surface area is 99.5 Å². The molecule has 14 heavy (non-hydrogen) atoms. The van der Waals surface area contributed by atoms with Gasteiger partial charge in [0.1, 0.15) is 0 Å². The Morgan fingerprint density at radius 3 is 2.64 bits per heavy atom. The molecule has 0 fully saturated rings. The molecule has 0 aliphatic rings. The van der Waals surface area contributed by atoms with E-state index in [9.17, 15) is 0 Å². The maximum Gasteiger partial charge on any atom is 0.0494 e. The molecular formula is C12H16IN. The van der Waals surface area contributed by atoms with Crippen molar-refractivity contribution in [2.75, 3.05) is 0 Å². The molecule has 76 valence electrons. The highest BCUT2D eigenvalue weighted by atomic mass is 127. The fourth-order valence-electron chi connectivity index (χ4n) is 1.38. The molecule has 0 bridgehead atoms. The predicted octanol–water partition coefficient (Wildman–Crippen LogP) is 3.57. The third-order valence-electron chi connectivity index (χ3n) is 2.09. The van der Waals surface area contributed by atoms with Gasteiger partial charge in [-0.1, -0.05) is 29.8 Å². The van der Waals surface area contributed by atoms with Gasteiger partial charge in [-0.15, -0.1) is 0 Å². The zero-order valence-electron chi connectivity index (χ0n) is 8.84. The Hall–Kier alpha value is -0.350.